The molecule has 26 heavy (non-hydrogen) atoms. The highest BCUT2D eigenvalue weighted by atomic mass is 79.9. The van der Waals surface area contributed by atoms with Crippen molar-refractivity contribution in [1.29, 1.82) is 0 Å². The number of nitro benzene ring substituents is 1. The van der Waals surface area contributed by atoms with Gasteiger partial charge >= 0.3 is 0 Å². The van der Waals surface area contributed by atoms with Crippen molar-refractivity contribution in [3.63, 3.8) is 0 Å². The molecule has 3 rings (SSSR count). The summed E-state index contributed by atoms with van der Waals surface area (Å²) in [7, 11) is 0. The normalized spacial score (nSPS) is 9.27. The molecule has 136 valence electrons. The standard InChI is InChI=1S/C18H12BrNO2.2C2H6/c19-16-10-11-18(20(21)22)17(12-16)15-8-6-14(7-9-15)13-4-2-1-3-5-13;2*1-2/h1-12H;2*1-2H3. The maximum absolute atomic E-state index is 11.2. The number of hydrogen-bond acceptors (Lipinski definition) is 2. The van der Waals surface area contributed by atoms with Crippen LogP contribution in [0.15, 0.2) is 77.3 Å². The second kappa shape index (κ2) is 11.2. The molecule has 0 heterocycles. The van der Waals surface area contributed by atoms with Crippen molar-refractivity contribution >= 4 is 21.6 Å². The molecule has 3 aromatic rings. The summed E-state index contributed by atoms with van der Waals surface area (Å²) in [5, 5.41) is 11.2. The largest absolute Gasteiger partial charge is 0.277 e. The molecule has 3 nitrogen and oxygen atoms in total. The summed E-state index contributed by atoms with van der Waals surface area (Å²) in [6, 6.07) is 22.8. The van der Waals surface area contributed by atoms with E-state index in [-0.39, 0.29) is 10.6 Å². The number of benzene rings is 3. The minimum absolute atomic E-state index is 0.107. The van der Waals surface area contributed by atoms with Crippen LogP contribution >= 0.6 is 15.9 Å². The molecule has 0 spiro atoms. The van der Waals surface area contributed by atoms with Crippen LogP contribution in [0.4, 0.5) is 5.69 Å². The minimum Gasteiger partial charge on any atom is -0.258 e. The predicted octanol–water partition coefficient (Wildman–Crippen LogP) is 7.74. The minimum atomic E-state index is -0.354. The van der Waals surface area contributed by atoms with Gasteiger partial charge in [0.2, 0.25) is 0 Å². The van der Waals surface area contributed by atoms with Gasteiger partial charge in [0.25, 0.3) is 5.69 Å². The maximum atomic E-state index is 11.2. The number of rotatable bonds is 3. The van der Waals surface area contributed by atoms with Gasteiger partial charge in [0.15, 0.2) is 0 Å². The average Bonchev–Trinajstić information content (AvgIpc) is 2.71. The van der Waals surface area contributed by atoms with E-state index in [1.807, 2.05) is 82.3 Å². The Morgan fingerprint density at radius 3 is 1.77 bits per heavy atom. The fourth-order valence-corrected chi connectivity index (χ4v) is 2.73. The van der Waals surface area contributed by atoms with E-state index in [1.165, 1.54) is 6.07 Å². The SMILES string of the molecule is CC.CC.O=[N+]([O-])c1ccc(Br)cc1-c1ccc(-c2ccccc2)cc1. The van der Waals surface area contributed by atoms with Gasteiger partial charge in [-0.3, -0.25) is 10.1 Å². The quantitative estimate of drug-likeness (QED) is 0.325. The molecule has 0 unspecified atom stereocenters. The Kier molecular flexibility index (Phi) is 9.31. The molecule has 0 aliphatic heterocycles. The van der Waals surface area contributed by atoms with Crippen molar-refractivity contribution in [1.82, 2.24) is 0 Å². The van der Waals surface area contributed by atoms with E-state index in [0.29, 0.717) is 5.56 Å². The summed E-state index contributed by atoms with van der Waals surface area (Å²) < 4.78 is 0.820. The smallest absolute Gasteiger partial charge is 0.258 e. The second-order valence-electron chi connectivity index (χ2n) is 4.86. The van der Waals surface area contributed by atoms with Crippen LogP contribution in [-0.2, 0) is 0 Å². The van der Waals surface area contributed by atoms with Gasteiger partial charge in [-0.1, -0.05) is 98.2 Å². The molecule has 0 fully saturated rings. The monoisotopic (exact) mass is 413 g/mol. The molecule has 0 atom stereocenters. The van der Waals surface area contributed by atoms with E-state index in [1.54, 1.807) is 12.1 Å². The Bertz CT molecular complexity index is 815. The lowest BCUT2D eigenvalue weighted by Gasteiger charge is -2.06. The lowest BCUT2D eigenvalue weighted by atomic mass is 9.99. The van der Waals surface area contributed by atoms with Crippen LogP contribution in [0.25, 0.3) is 22.3 Å². The second-order valence-corrected chi connectivity index (χ2v) is 5.78. The van der Waals surface area contributed by atoms with Crippen molar-refractivity contribution < 1.29 is 4.92 Å². The van der Waals surface area contributed by atoms with Crippen molar-refractivity contribution in [3.8, 4) is 22.3 Å². The zero-order valence-corrected chi connectivity index (χ0v) is 17.2. The lowest BCUT2D eigenvalue weighted by Crippen LogP contribution is -1.92. The first-order chi connectivity index (χ1) is 12.6. The van der Waals surface area contributed by atoms with Gasteiger partial charge in [-0.05, 0) is 28.8 Å². The van der Waals surface area contributed by atoms with Crippen LogP contribution in [0.1, 0.15) is 27.7 Å². The summed E-state index contributed by atoms with van der Waals surface area (Å²) in [6.07, 6.45) is 0. The first-order valence-electron chi connectivity index (χ1n) is 8.75. The average molecular weight is 414 g/mol. The molecule has 0 saturated heterocycles. The van der Waals surface area contributed by atoms with Gasteiger partial charge in [-0.15, -0.1) is 0 Å². The van der Waals surface area contributed by atoms with Crippen molar-refractivity contribution in [2.45, 2.75) is 27.7 Å². The van der Waals surface area contributed by atoms with Crippen molar-refractivity contribution in [2.24, 2.45) is 0 Å². The van der Waals surface area contributed by atoms with Gasteiger partial charge in [0, 0.05) is 10.5 Å². The number of nitrogens with zero attached hydrogens (tertiary/aromatic N) is 1. The number of nitro groups is 1. The van der Waals surface area contributed by atoms with Crippen LogP contribution in [0.5, 0.6) is 0 Å². The predicted molar refractivity (Wildman–Crippen MR) is 114 cm³/mol. The molecule has 0 N–H and O–H groups in total. The molecular formula is C22H24BrNO2. The summed E-state index contributed by atoms with van der Waals surface area (Å²) in [6.45, 7) is 8.00. The van der Waals surface area contributed by atoms with Gasteiger partial charge in [0.1, 0.15) is 0 Å². The number of halogens is 1. The fourth-order valence-electron chi connectivity index (χ4n) is 2.37. The van der Waals surface area contributed by atoms with E-state index in [0.717, 1.165) is 21.2 Å². The van der Waals surface area contributed by atoms with Gasteiger partial charge < -0.3 is 0 Å². The first-order valence-corrected chi connectivity index (χ1v) is 9.54. The van der Waals surface area contributed by atoms with E-state index in [2.05, 4.69) is 15.9 Å². The Morgan fingerprint density at radius 1 is 0.731 bits per heavy atom. The Labute approximate surface area is 164 Å². The highest BCUT2D eigenvalue weighted by molar-refractivity contribution is 9.10. The summed E-state index contributed by atoms with van der Waals surface area (Å²) >= 11 is 3.37. The van der Waals surface area contributed by atoms with Crippen LogP contribution in [0.3, 0.4) is 0 Å². The molecule has 3 aromatic carbocycles. The molecule has 0 saturated carbocycles. The molecular weight excluding hydrogens is 390 g/mol. The third-order valence-corrected chi connectivity index (χ3v) is 3.95. The van der Waals surface area contributed by atoms with Crippen LogP contribution in [-0.4, -0.2) is 4.92 Å². The molecule has 4 heteroatoms. The van der Waals surface area contributed by atoms with Gasteiger partial charge in [0.05, 0.1) is 10.5 Å². The third kappa shape index (κ3) is 5.53. The van der Waals surface area contributed by atoms with Gasteiger partial charge in [-0.25, -0.2) is 0 Å². The first kappa shape index (κ1) is 21.6. The Morgan fingerprint density at radius 2 is 1.23 bits per heavy atom. The van der Waals surface area contributed by atoms with Crippen LogP contribution in [0.2, 0.25) is 0 Å². The maximum Gasteiger partial charge on any atom is 0.277 e. The zero-order chi connectivity index (χ0) is 19.5. The van der Waals surface area contributed by atoms with E-state index >= 15 is 0 Å². The lowest BCUT2D eigenvalue weighted by molar-refractivity contribution is -0.384. The molecule has 0 aliphatic rings. The van der Waals surface area contributed by atoms with E-state index in [4.69, 9.17) is 0 Å². The third-order valence-electron chi connectivity index (χ3n) is 3.46. The highest BCUT2D eigenvalue weighted by Crippen LogP contribution is 2.33. The molecule has 0 radical (unpaired) electrons. The van der Waals surface area contributed by atoms with Crippen LogP contribution in [0, 0.1) is 10.1 Å². The molecule has 0 amide bonds. The van der Waals surface area contributed by atoms with Crippen molar-refractivity contribution in [3.05, 3.63) is 87.4 Å². The van der Waals surface area contributed by atoms with E-state index < -0.39 is 0 Å². The Balaban J connectivity index is 0.000000791. The summed E-state index contributed by atoms with van der Waals surface area (Å²) in [4.78, 5) is 10.8. The summed E-state index contributed by atoms with van der Waals surface area (Å²) in [5.74, 6) is 0. The topological polar surface area (TPSA) is 43.1 Å². The summed E-state index contributed by atoms with van der Waals surface area (Å²) in [5.41, 5.74) is 3.75. The van der Waals surface area contributed by atoms with Gasteiger partial charge in [-0.2, -0.15) is 0 Å². The highest BCUT2D eigenvalue weighted by Gasteiger charge is 2.15. The number of hydrogen-bond donors (Lipinski definition) is 0. The van der Waals surface area contributed by atoms with E-state index in [9.17, 15) is 10.1 Å². The molecule has 0 aliphatic carbocycles. The molecule has 0 aromatic heterocycles. The fraction of sp³-hybridized carbons (Fsp3) is 0.182. The van der Waals surface area contributed by atoms with Crippen molar-refractivity contribution in [2.75, 3.05) is 0 Å². The van der Waals surface area contributed by atoms with Crippen LogP contribution < -0.4 is 0 Å². The Hall–Kier alpha value is -2.46. The molecule has 0 bridgehead atoms. The zero-order valence-electron chi connectivity index (χ0n) is 15.6.